The molecule has 0 bridgehead atoms. The predicted octanol–water partition coefficient (Wildman–Crippen LogP) is 7.29. The predicted molar refractivity (Wildman–Crippen MR) is 283 cm³/mol. The third-order valence-corrected chi connectivity index (χ3v) is 17.0. The highest BCUT2D eigenvalue weighted by molar-refractivity contribution is 6.99. The van der Waals surface area contributed by atoms with E-state index in [0.717, 1.165) is 10.4 Å². The topological polar surface area (TPSA) is 231 Å². The molecule has 17 nitrogen and oxygen atoms in total. The van der Waals surface area contributed by atoms with Gasteiger partial charge in [0.1, 0.15) is 26.4 Å². The molecule has 6 aromatic rings. The van der Waals surface area contributed by atoms with Crippen LogP contribution in [0.5, 0.6) is 0 Å². The first-order valence-corrected chi connectivity index (χ1v) is 26.8. The van der Waals surface area contributed by atoms with E-state index in [1.54, 1.807) is 121 Å². The van der Waals surface area contributed by atoms with Crippen molar-refractivity contribution in [2.45, 2.75) is 102 Å². The molecule has 1 N–H and O–H groups in total. The number of ether oxygens (including phenoxy) is 7. The third kappa shape index (κ3) is 17.7. The van der Waals surface area contributed by atoms with Crippen LogP contribution in [0.4, 0.5) is 0 Å². The van der Waals surface area contributed by atoms with Crippen LogP contribution in [-0.4, -0.2) is 85.6 Å². The van der Waals surface area contributed by atoms with Crippen molar-refractivity contribution in [3.63, 3.8) is 0 Å². The number of esters is 7. The van der Waals surface area contributed by atoms with E-state index >= 15 is 0 Å². The van der Waals surface area contributed by atoms with Crippen LogP contribution in [-0.2, 0) is 102 Å². The zero-order valence-corrected chi connectivity index (χ0v) is 44.3. The molecule has 0 aliphatic rings. The molecule has 0 aromatic heterocycles. The maximum atomic E-state index is 14.4. The number of carbonyl (C=O) groups is 8. The molecule has 0 radical (unpaired) electrons. The number of aliphatic carboxylic acids is 1. The van der Waals surface area contributed by atoms with E-state index in [-0.39, 0.29) is 26.4 Å². The zero-order valence-electron chi connectivity index (χ0n) is 43.3. The lowest BCUT2D eigenvalue weighted by Gasteiger charge is -2.44. The molecule has 78 heavy (non-hydrogen) atoms. The van der Waals surface area contributed by atoms with Crippen LogP contribution < -0.4 is 10.4 Å². The molecular weight excluding hydrogens is 1020 g/mol. The SMILES string of the molecule is CC(C)(C)[Si](O[C@@H](CC(=O)O[C@@H](CC(=O)O[C@@H](CC(=O)O[C@@H](CC(=O)O)C(=O)OCc1ccccc1)C(=O)OCc1ccccc1)C(=O)OCc1ccccc1)C(=O)OCc1ccccc1)(c1ccccc1)c1ccccc1. The molecule has 0 unspecified atom stereocenters. The number of carbonyl (C=O) groups excluding carboxylic acids is 7. The Kier molecular flexibility index (Phi) is 21.7. The first kappa shape index (κ1) is 58.5. The summed E-state index contributed by atoms with van der Waals surface area (Å²) in [4.78, 5) is 109. The Morgan fingerprint density at radius 3 is 0.885 bits per heavy atom. The first-order valence-electron chi connectivity index (χ1n) is 24.9. The minimum atomic E-state index is -3.61. The molecule has 0 aliphatic heterocycles. The summed E-state index contributed by atoms with van der Waals surface area (Å²) >= 11 is 0. The lowest BCUT2D eigenvalue weighted by molar-refractivity contribution is -0.182. The van der Waals surface area contributed by atoms with Gasteiger partial charge in [0.05, 0.1) is 25.7 Å². The van der Waals surface area contributed by atoms with Gasteiger partial charge in [0.25, 0.3) is 8.32 Å². The lowest BCUT2D eigenvalue weighted by Crippen LogP contribution is -2.68. The average Bonchev–Trinajstić information content (AvgIpc) is 3.54. The number of carboxylic acid groups (broad SMARTS) is 1. The van der Waals surface area contributed by atoms with Crippen LogP contribution >= 0.6 is 0 Å². The van der Waals surface area contributed by atoms with Crippen molar-refractivity contribution < 1.29 is 81.0 Å². The molecule has 18 heteroatoms. The zero-order chi connectivity index (χ0) is 55.9. The van der Waals surface area contributed by atoms with Gasteiger partial charge in [0, 0.05) is 0 Å². The van der Waals surface area contributed by atoms with Crippen LogP contribution in [0.25, 0.3) is 0 Å². The van der Waals surface area contributed by atoms with Crippen molar-refractivity contribution in [2.24, 2.45) is 0 Å². The minimum absolute atomic E-state index is 0.184. The molecule has 0 amide bonds. The summed E-state index contributed by atoms with van der Waals surface area (Å²) in [5.41, 5.74) is 2.24. The second-order valence-electron chi connectivity index (χ2n) is 18.8. The van der Waals surface area contributed by atoms with E-state index in [2.05, 4.69) is 0 Å². The quantitative estimate of drug-likeness (QED) is 0.0303. The van der Waals surface area contributed by atoms with Gasteiger partial charge in [-0.05, 0) is 37.7 Å². The van der Waals surface area contributed by atoms with Crippen molar-refractivity contribution in [1.82, 2.24) is 0 Å². The van der Waals surface area contributed by atoms with E-state index in [9.17, 15) is 43.5 Å². The van der Waals surface area contributed by atoms with Crippen LogP contribution in [0.3, 0.4) is 0 Å². The number of hydrogen-bond donors (Lipinski definition) is 1. The molecule has 0 saturated heterocycles. The lowest BCUT2D eigenvalue weighted by atomic mass is 10.2. The molecule has 0 fully saturated rings. The summed E-state index contributed by atoms with van der Waals surface area (Å²) in [5, 5.41) is 10.4. The normalized spacial score (nSPS) is 12.8. The van der Waals surface area contributed by atoms with E-state index < -0.39 is 111 Å². The Morgan fingerprint density at radius 2 is 0.615 bits per heavy atom. The maximum Gasteiger partial charge on any atom is 0.348 e. The summed E-state index contributed by atoms with van der Waals surface area (Å²) in [5.74, 6) is -10.1. The molecule has 0 spiro atoms. The molecule has 0 aliphatic carbocycles. The largest absolute Gasteiger partial charge is 0.481 e. The van der Waals surface area contributed by atoms with Crippen LogP contribution in [0.1, 0.15) is 68.7 Å². The highest BCUT2D eigenvalue weighted by Crippen LogP contribution is 2.38. The molecule has 6 aromatic carbocycles. The molecular formula is C60H60O17Si. The van der Waals surface area contributed by atoms with E-state index in [4.69, 9.17) is 37.6 Å². The fourth-order valence-corrected chi connectivity index (χ4v) is 12.7. The Bertz CT molecular complexity index is 2880. The Morgan fingerprint density at radius 1 is 0.372 bits per heavy atom. The van der Waals surface area contributed by atoms with Crippen LogP contribution in [0.15, 0.2) is 182 Å². The van der Waals surface area contributed by atoms with Crippen molar-refractivity contribution in [3.8, 4) is 0 Å². The van der Waals surface area contributed by atoms with E-state index in [1.807, 2.05) is 81.4 Å². The van der Waals surface area contributed by atoms with Gasteiger partial charge in [0.2, 0.25) is 18.3 Å². The first-order chi connectivity index (χ1) is 37.5. The second-order valence-corrected chi connectivity index (χ2v) is 23.0. The van der Waals surface area contributed by atoms with Gasteiger partial charge in [0.15, 0.2) is 6.10 Å². The van der Waals surface area contributed by atoms with E-state index in [1.165, 1.54) is 0 Å². The number of benzene rings is 6. The van der Waals surface area contributed by atoms with Gasteiger partial charge >= 0.3 is 47.8 Å². The van der Waals surface area contributed by atoms with Gasteiger partial charge in [-0.3, -0.25) is 19.2 Å². The van der Waals surface area contributed by atoms with Crippen LogP contribution in [0, 0.1) is 0 Å². The van der Waals surface area contributed by atoms with Gasteiger partial charge in [-0.15, -0.1) is 0 Å². The maximum absolute atomic E-state index is 14.4. The molecule has 406 valence electrons. The Balaban J connectivity index is 1.27. The van der Waals surface area contributed by atoms with Crippen molar-refractivity contribution >= 4 is 66.4 Å². The Hall–Kier alpha value is -8.74. The standard InChI is InChI=1S/C60H60O17Si/c1-60(2,3)78(46-30-18-8-19-31-46,47-32-20-9-21-33-47)77-51(59(69)73-41-45-28-16-7-17-29-45)37-55(65)76-50(58(68)72-40-44-26-14-6-15-27-44)36-54(64)75-49(57(67)71-39-43-24-12-5-13-25-43)35-53(63)74-48(34-52(61)62)56(66)70-38-42-22-10-4-11-23-42/h4-33,48-51H,34-41H2,1-3H3,(H,61,62)/t48-,49-,50-,51-/m0/s1. The van der Waals surface area contributed by atoms with Crippen LogP contribution in [0.2, 0.25) is 5.04 Å². The minimum Gasteiger partial charge on any atom is -0.481 e. The average molecular weight is 1080 g/mol. The second kappa shape index (κ2) is 29.0. The summed E-state index contributed by atoms with van der Waals surface area (Å²) in [6.07, 6.45) is -11.9. The van der Waals surface area contributed by atoms with Gasteiger partial charge in [-0.25, -0.2) is 19.2 Å². The van der Waals surface area contributed by atoms with E-state index in [0.29, 0.717) is 22.3 Å². The molecule has 6 rings (SSSR count). The smallest absolute Gasteiger partial charge is 0.348 e. The van der Waals surface area contributed by atoms with Gasteiger partial charge in [-0.2, -0.15) is 0 Å². The third-order valence-electron chi connectivity index (χ3n) is 11.9. The summed E-state index contributed by atoms with van der Waals surface area (Å²) in [6, 6.07) is 52.6. The molecule has 4 atom stereocenters. The summed E-state index contributed by atoms with van der Waals surface area (Å²) in [7, 11) is -3.61. The summed E-state index contributed by atoms with van der Waals surface area (Å²) < 4.78 is 45.5. The van der Waals surface area contributed by atoms with Gasteiger partial charge in [-0.1, -0.05) is 203 Å². The fraction of sp³-hybridized carbons (Fsp3) is 0.267. The molecule has 0 saturated carbocycles. The van der Waals surface area contributed by atoms with Crippen molar-refractivity contribution in [2.75, 3.05) is 0 Å². The number of rotatable bonds is 27. The Labute approximate surface area is 452 Å². The van der Waals surface area contributed by atoms with Gasteiger partial charge < -0.3 is 42.7 Å². The van der Waals surface area contributed by atoms with Crippen molar-refractivity contribution in [1.29, 1.82) is 0 Å². The number of hydrogen-bond acceptors (Lipinski definition) is 16. The molecule has 0 heterocycles. The highest BCUT2D eigenvalue weighted by Gasteiger charge is 2.53. The summed E-state index contributed by atoms with van der Waals surface area (Å²) in [6.45, 7) is 4.74. The number of carboxylic acids is 1. The fourth-order valence-electron chi connectivity index (χ4n) is 8.12. The van der Waals surface area contributed by atoms with Crippen molar-refractivity contribution in [3.05, 3.63) is 204 Å². The monoisotopic (exact) mass is 1080 g/mol. The highest BCUT2D eigenvalue weighted by atomic mass is 28.4.